The summed E-state index contributed by atoms with van der Waals surface area (Å²) in [6.45, 7) is 1.36. The lowest BCUT2D eigenvalue weighted by atomic mass is 10.1. The van der Waals surface area contributed by atoms with Crippen LogP contribution in [0.15, 0.2) is 59.8 Å². The van der Waals surface area contributed by atoms with Gasteiger partial charge in [0.1, 0.15) is 0 Å². The molecule has 4 aromatic rings. The van der Waals surface area contributed by atoms with Crippen LogP contribution in [0.1, 0.15) is 0 Å². The van der Waals surface area contributed by atoms with Gasteiger partial charge in [-0.25, -0.2) is 0 Å². The van der Waals surface area contributed by atoms with E-state index >= 15 is 0 Å². The number of pyridine rings is 1. The Morgan fingerprint density at radius 2 is 1.94 bits per heavy atom. The molecule has 1 fully saturated rings. The average Bonchev–Trinajstić information content (AvgIpc) is 3.26. The van der Waals surface area contributed by atoms with Gasteiger partial charge in [-0.3, -0.25) is 18.8 Å². The maximum absolute atomic E-state index is 13.6. The first-order chi connectivity index (χ1) is 16.8. The largest absolute Gasteiger partial charge is 0.376 e. The molecule has 0 aliphatic carbocycles. The summed E-state index contributed by atoms with van der Waals surface area (Å²) in [5.41, 5.74) is 2.31. The lowest BCUT2D eigenvalue weighted by molar-refractivity contribution is -0.0846. The molecule has 0 amide bonds. The fraction of sp³-hybridized carbons (Fsp3) is 0.292. The van der Waals surface area contributed by atoms with Crippen LogP contribution in [-0.4, -0.2) is 62.7 Å². The molecule has 3 heterocycles. The second-order valence-electron chi connectivity index (χ2n) is 8.38. The molecule has 0 saturated carbocycles. The molecule has 11 heteroatoms. The summed E-state index contributed by atoms with van der Waals surface area (Å²) in [6.07, 6.45) is 4.93. The summed E-state index contributed by atoms with van der Waals surface area (Å²) >= 11 is 0. The molecule has 1 unspecified atom stereocenters. The normalized spacial score (nSPS) is 16.6. The van der Waals surface area contributed by atoms with Crippen molar-refractivity contribution in [3.63, 3.8) is 0 Å². The number of aromatic nitrogens is 3. The lowest BCUT2D eigenvalue weighted by Crippen LogP contribution is -2.44. The van der Waals surface area contributed by atoms with Crippen LogP contribution in [0.3, 0.4) is 0 Å². The SMILES string of the molecule is CN(c1ccc2ccc3ncc(-c4cnn(C)c4)cc3c(=O)c2c1)S(=O)(=O)NCC1COCCO1. The molecular formula is C24H25N5O5S. The molecule has 1 aliphatic heterocycles. The maximum Gasteiger partial charge on any atom is 0.301 e. The van der Waals surface area contributed by atoms with E-state index in [9.17, 15) is 13.2 Å². The number of aryl methyl sites for hydroxylation is 1. The van der Waals surface area contributed by atoms with E-state index in [0.29, 0.717) is 47.2 Å². The molecule has 0 bridgehead atoms. The number of hydrogen-bond acceptors (Lipinski definition) is 7. The van der Waals surface area contributed by atoms with Crippen molar-refractivity contribution in [1.29, 1.82) is 0 Å². The van der Waals surface area contributed by atoms with Crippen LogP contribution in [0.4, 0.5) is 5.69 Å². The molecule has 35 heavy (non-hydrogen) atoms. The van der Waals surface area contributed by atoms with E-state index in [-0.39, 0.29) is 18.1 Å². The predicted octanol–water partition coefficient (Wildman–Crippen LogP) is 1.83. The van der Waals surface area contributed by atoms with Crippen molar-refractivity contribution in [2.75, 3.05) is 37.7 Å². The molecule has 2 aromatic heterocycles. The summed E-state index contributed by atoms with van der Waals surface area (Å²) in [5.74, 6) is 0. The Kier molecular flexibility index (Phi) is 6.24. The Bertz CT molecular complexity index is 1560. The minimum atomic E-state index is -3.87. The average molecular weight is 496 g/mol. The highest BCUT2D eigenvalue weighted by atomic mass is 32.2. The molecule has 1 N–H and O–H groups in total. The monoisotopic (exact) mass is 495 g/mol. The molecule has 5 rings (SSSR count). The van der Waals surface area contributed by atoms with Gasteiger partial charge >= 0.3 is 10.2 Å². The number of anilines is 1. The van der Waals surface area contributed by atoms with Crippen LogP contribution in [0, 0.1) is 0 Å². The summed E-state index contributed by atoms with van der Waals surface area (Å²) < 4.78 is 42.0. The topological polar surface area (TPSA) is 116 Å². The van der Waals surface area contributed by atoms with Crippen molar-refractivity contribution in [1.82, 2.24) is 19.5 Å². The van der Waals surface area contributed by atoms with Crippen LogP contribution >= 0.6 is 0 Å². The minimum absolute atomic E-state index is 0.0927. The van der Waals surface area contributed by atoms with Crippen LogP contribution in [0.5, 0.6) is 0 Å². The lowest BCUT2D eigenvalue weighted by Gasteiger charge is -2.25. The van der Waals surface area contributed by atoms with Gasteiger partial charge in [0, 0.05) is 54.9 Å². The zero-order chi connectivity index (χ0) is 24.6. The molecule has 1 aliphatic rings. The number of nitrogens with zero attached hydrogens (tertiary/aromatic N) is 4. The highest BCUT2D eigenvalue weighted by Gasteiger charge is 2.22. The zero-order valence-corrected chi connectivity index (χ0v) is 20.2. The van der Waals surface area contributed by atoms with Gasteiger partial charge in [-0.15, -0.1) is 0 Å². The zero-order valence-electron chi connectivity index (χ0n) is 19.3. The van der Waals surface area contributed by atoms with E-state index in [4.69, 9.17) is 9.47 Å². The summed E-state index contributed by atoms with van der Waals surface area (Å²) in [6, 6.07) is 10.4. The van der Waals surface area contributed by atoms with Crippen molar-refractivity contribution in [2.45, 2.75) is 6.10 Å². The number of fused-ring (bicyclic) bond motifs is 2. The van der Waals surface area contributed by atoms with Crippen molar-refractivity contribution >= 4 is 37.6 Å². The third-order valence-corrected chi connectivity index (χ3v) is 7.47. The van der Waals surface area contributed by atoms with Gasteiger partial charge in [-0.05, 0) is 29.7 Å². The van der Waals surface area contributed by atoms with E-state index in [2.05, 4.69) is 14.8 Å². The fourth-order valence-electron chi connectivity index (χ4n) is 4.00. The molecule has 0 radical (unpaired) electrons. The van der Waals surface area contributed by atoms with Crippen LogP contribution in [0.2, 0.25) is 0 Å². The molecule has 10 nitrogen and oxygen atoms in total. The van der Waals surface area contributed by atoms with Crippen LogP contribution in [0.25, 0.3) is 32.8 Å². The molecule has 0 spiro atoms. The summed E-state index contributed by atoms with van der Waals surface area (Å²) in [7, 11) is -0.609. The molecule has 2 aromatic carbocycles. The van der Waals surface area contributed by atoms with Crippen molar-refractivity contribution in [3.05, 3.63) is 65.2 Å². The summed E-state index contributed by atoms with van der Waals surface area (Å²) in [5, 5.41) is 5.71. The van der Waals surface area contributed by atoms with Gasteiger partial charge in [0.2, 0.25) is 0 Å². The smallest absolute Gasteiger partial charge is 0.301 e. The van der Waals surface area contributed by atoms with Gasteiger partial charge in [-0.1, -0.05) is 12.1 Å². The third kappa shape index (κ3) is 4.76. The van der Waals surface area contributed by atoms with Crippen molar-refractivity contribution < 1.29 is 17.9 Å². The van der Waals surface area contributed by atoms with E-state index in [1.807, 2.05) is 19.3 Å². The molecule has 1 saturated heterocycles. The first-order valence-corrected chi connectivity index (χ1v) is 12.5. The second kappa shape index (κ2) is 9.34. The van der Waals surface area contributed by atoms with Gasteiger partial charge in [0.15, 0.2) is 5.43 Å². The van der Waals surface area contributed by atoms with Crippen LogP contribution < -0.4 is 14.5 Å². The standard InChI is InChI=1S/C24H25N5O5S/c1-28-14-18(12-26-28)17-9-22-23(25-11-17)6-4-16-3-5-19(10-21(16)24(22)30)29(2)35(31,32)27-13-20-15-33-7-8-34-20/h3-6,9-12,14,20,27H,7-8,13,15H2,1-2H3. The first kappa shape index (κ1) is 23.4. The minimum Gasteiger partial charge on any atom is -0.376 e. The highest BCUT2D eigenvalue weighted by molar-refractivity contribution is 7.90. The van der Waals surface area contributed by atoms with Crippen LogP contribution in [-0.2, 0) is 26.7 Å². The Morgan fingerprint density at radius 1 is 1.11 bits per heavy atom. The predicted molar refractivity (Wildman–Crippen MR) is 134 cm³/mol. The number of hydrogen-bond donors (Lipinski definition) is 1. The van der Waals surface area contributed by atoms with Gasteiger partial charge in [0.25, 0.3) is 0 Å². The third-order valence-electron chi connectivity index (χ3n) is 6.01. The van der Waals surface area contributed by atoms with Gasteiger partial charge in [-0.2, -0.15) is 18.2 Å². The van der Waals surface area contributed by atoms with E-state index in [0.717, 1.165) is 15.4 Å². The second-order valence-corrected chi connectivity index (χ2v) is 10.2. The molecule has 182 valence electrons. The highest BCUT2D eigenvalue weighted by Crippen LogP contribution is 2.24. The number of rotatable bonds is 6. The van der Waals surface area contributed by atoms with Gasteiger partial charge in [0.05, 0.1) is 43.3 Å². The number of nitrogens with one attached hydrogen (secondary N) is 1. The van der Waals surface area contributed by atoms with E-state index < -0.39 is 10.2 Å². The first-order valence-electron chi connectivity index (χ1n) is 11.1. The number of ether oxygens (including phenoxy) is 2. The fourth-order valence-corrected chi connectivity index (χ4v) is 4.98. The molecular weight excluding hydrogens is 470 g/mol. The summed E-state index contributed by atoms with van der Waals surface area (Å²) in [4.78, 5) is 18.0. The Labute approximate surface area is 202 Å². The maximum atomic E-state index is 13.6. The van der Waals surface area contributed by atoms with E-state index in [1.54, 1.807) is 47.4 Å². The number of benzene rings is 1. The quantitative estimate of drug-likeness (QED) is 0.434. The Balaban J connectivity index is 1.52. The molecule has 1 atom stereocenters. The Morgan fingerprint density at radius 3 is 2.69 bits per heavy atom. The van der Waals surface area contributed by atoms with E-state index in [1.165, 1.54) is 7.05 Å². The van der Waals surface area contributed by atoms with Crippen molar-refractivity contribution in [2.24, 2.45) is 7.05 Å². The Hall–Kier alpha value is -3.38. The van der Waals surface area contributed by atoms with Crippen molar-refractivity contribution in [3.8, 4) is 11.1 Å². The van der Waals surface area contributed by atoms with Gasteiger partial charge < -0.3 is 9.47 Å².